The number of hydrogen-bond donors (Lipinski definition) is 1. The number of nitrogens with zero attached hydrogens (tertiary/aromatic N) is 2. The van der Waals surface area contributed by atoms with Gasteiger partial charge in [0.15, 0.2) is 0 Å². The summed E-state index contributed by atoms with van der Waals surface area (Å²) >= 11 is 5.28. The predicted octanol–water partition coefficient (Wildman–Crippen LogP) is 3.98. The van der Waals surface area contributed by atoms with Gasteiger partial charge in [-0.2, -0.15) is 0 Å². The molecule has 1 heterocycles. The molecule has 21 heavy (non-hydrogen) atoms. The number of aryl methyl sites for hydroxylation is 2. The largest absolute Gasteiger partial charge is 0.389 e. The Morgan fingerprint density at radius 3 is 2.29 bits per heavy atom. The minimum absolute atomic E-state index is 0.440. The monoisotopic (exact) mass is 307 g/mol. The zero-order chi connectivity index (χ0) is 16.2. The summed E-state index contributed by atoms with van der Waals surface area (Å²) in [5.41, 5.74) is 10.0. The standard InChI is InChI=1S/C17H29N3S/c1-7-14(8-2)20(10-11(3)4)15-9-12(5)19-13(6)16(15)17(18)21/h9,11,14H,7-8,10H2,1-6H3,(H2,18,21). The van der Waals surface area contributed by atoms with E-state index in [0.717, 1.165) is 42.0 Å². The molecule has 3 nitrogen and oxygen atoms in total. The van der Waals surface area contributed by atoms with Gasteiger partial charge in [-0.3, -0.25) is 4.98 Å². The Bertz CT molecular complexity index is 493. The number of aromatic nitrogens is 1. The van der Waals surface area contributed by atoms with Crippen LogP contribution in [0.1, 0.15) is 57.5 Å². The van der Waals surface area contributed by atoms with Gasteiger partial charge in [-0.05, 0) is 38.7 Å². The van der Waals surface area contributed by atoms with E-state index in [1.807, 2.05) is 13.8 Å². The molecular formula is C17H29N3S. The van der Waals surface area contributed by atoms with Crippen LogP contribution in [-0.4, -0.2) is 22.6 Å². The van der Waals surface area contributed by atoms with Crippen molar-refractivity contribution in [3.05, 3.63) is 23.0 Å². The Kier molecular flexibility index (Phi) is 6.59. The Hall–Kier alpha value is -1.16. The van der Waals surface area contributed by atoms with E-state index in [0.29, 0.717) is 16.9 Å². The molecule has 0 aromatic carbocycles. The predicted molar refractivity (Wildman–Crippen MR) is 96.2 cm³/mol. The Labute approximate surface area is 134 Å². The first kappa shape index (κ1) is 17.9. The summed E-state index contributed by atoms with van der Waals surface area (Å²) in [6.07, 6.45) is 2.22. The summed E-state index contributed by atoms with van der Waals surface area (Å²) in [5.74, 6) is 0.582. The summed E-state index contributed by atoms with van der Waals surface area (Å²) in [5, 5.41) is 0. The average Bonchev–Trinajstić information content (AvgIpc) is 2.36. The van der Waals surface area contributed by atoms with Crippen molar-refractivity contribution in [3.8, 4) is 0 Å². The molecule has 0 fully saturated rings. The van der Waals surface area contributed by atoms with Gasteiger partial charge in [0.2, 0.25) is 0 Å². The molecule has 4 heteroatoms. The van der Waals surface area contributed by atoms with Gasteiger partial charge >= 0.3 is 0 Å². The van der Waals surface area contributed by atoms with Crippen molar-refractivity contribution >= 4 is 22.9 Å². The quantitative estimate of drug-likeness (QED) is 0.774. The van der Waals surface area contributed by atoms with Crippen molar-refractivity contribution < 1.29 is 0 Å². The van der Waals surface area contributed by atoms with Crippen LogP contribution in [0, 0.1) is 19.8 Å². The highest BCUT2D eigenvalue weighted by atomic mass is 32.1. The molecule has 0 unspecified atom stereocenters. The zero-order valence-corrected chi connectivity index (χ0v) is 15.0. The molecule has 1 aromatic heterocycles. The minimum atomic E-state index is 0.440. The van der Waals surface area contributed by atoms with E-state index in [1.54, 1.807) is 0 Å². The van der Waals surface area contributed by atoms with Crippen LogP contribution in [0.15, 0.2) is 6.07 Å². The highest BCUT2D eigenvalue weighted by molar-refractivity contribution is 7.80. The summed E-state index contributed by atoms with van der Waals surface area (Å²) < 4.78 is 0. The molecule has 0 atom stereocenters. The molecule has 0 saturated heterocycles. The third-order valence-corrected chi connectivity index (χ3v) is 4.01. The number of anilines is 1. The van der Waals surface area contributed by atoms with Crippen molar-refractivity contribution in [2.45, 2.75) is 60.4 Å². The van der Waals surface area contributed by atoms with E-state index >= 15 is 0 Å². The van der Waals surface area contributed by atoms with E-state index in [4.69, 9.17) is 18.0 Å². The molecule has 1 rings (SSSR count). The Morgan fingerprint density at radius 1 is 1.29 bits per heavy atom. The van der Waals surface area contributed by atoms with Crippen molar-refractivity contribution in [2.75, 3.05) is 11.4 Å². The second-order valence-electron chi connectivity index (χ2n) is 6.12. The van der Waals surface area contributed by atoms with Crippen LogP contribution in [0.3, 0.4) is 0 Å². The van der Waals surface area contributed by atoms with E-state index < -0.39 is 0 Å². The average molecular weight is 308 g/mol. The number of hydrogen-bond acceptors (Lipinski definition) is 3. The minimum Gasteiger partial charge on any atom is -0.389 e. The zero-order valence-electron chi connectivity index (χ0n) is 14.2. The third kappa shape index (κ3) is 4.40. The summed E-state index contributed by atoms with van der Waals surface area (Å²) in [7, 11) is 0. The molecule has 0 saturated carbocycles. The summed E-state index contributed by atoms with van der Waals surface area (Å²) in [4.78, 5) is 7.45. The SMILES string of the molecule is CCC(CC)N(CC(C)C)c1cc(C)nc(C)c1C(N)=S. The van der Waals surface area contributed by atoms with Crippen LogP contribution in [0.5, 0.6) is 0 Å². The second kappa shape index (κ2) is 7.74. The van der Waals surface area contributed by atoms with E-state index in [1.165, 1.54) is 0 Å². The lowest BCUT2D eigenvalue weighted by atomic mass is 10.0. The van der Waals surface area contributed by atoms with Crippen molar-refractivity contribution in [1.29, 1.82) is 0 Å². The second-order valence-corrected chi connectivity index (χ2v) is 6.56. The summed E-state index contributed by atoms with van der Waals surface area (Å²) in [6, 6.07) is 2.63. The molecular weight excluding hydrogens is 278 g/mol. The number of nitrogens with two attached hydrogens (primary N) is 1. The van der Waals surface area contributed by atoms with Gasteiger partial charge < -0.3 is 10.6 Å². The molecule has 0 spiro atoms. The van der Waals surface area contributed by atoms with Crippen LogP contribution in [0.2, 0.25) is 0 Å². The lowest BCUT2D eigenvalue weighted by Gasteiger charge is -2.36. The maximum absolute atomic E-state index is 5.98. The summed E-state index contributed by atoms with van der Waals surface area (Å²) in [6.45, 7) is 14.0. The topological polar surface area (TPSA) is 42.2 Å². The lowest BCUT2D eigenvalue weighted by molar-refractivity contribution is 0.507. The maximum atomic E-state index is 5.98. The van der Waals surface area contributed by atoms with Crippen molar-refractivity contribution in [1.82, 2.24) is 4.98 Å². The highest BCUT2D eigenvalue weighted by Gasteiger charge is 2.22. The van der Waals surface area contributed by atoms with Crippen molar-refractivity contribution in [3.63, 3.8) is 0 Å². The van der Waals surface area contributed by atoms with Gasteiger partial charge in [-0.1, -0.05) is 39.9 Å². The molecule has 0 bridgehead atoms. The van der Waals surface area contributed by atoms with Crippen molar-refractivity contribution in [2.24, 2.45) is 11.7 Å². The third-order valence-electron chi connectivity index (χ3n) is 3.81. The van der Waals surface area contributed by atoms with Gasteiger partial charge in [0.05, 0.1) is 11.3 Å². The molecule has 0 aliphatic heterocycles. The Balaban J connectivity index is 3.44. The fourth-order valence-corrected chi connectivity index (χ4v) is 3.16. The van der Waals surface area contributed by atoms with E-state index in [2.05, 4.69) is 43.6 Å². The van der Waals surface area contributed by atoms with Gasteiger partial charge in [-0.25, -0.2) is 0 Å². The normalized spacial score (nSPS) is 11.2. The fourth-order valence-electron chi connectivity index (χ4n) is 2.91. The smallest absolute Gasteiger partial charge is 0.107 e. The molecule has 0 aliphatic carbocycles. The van der Waals surface area contributed by atoms with Gasteiger partial charge in [0.1, 0.15) is 4.99 Å². The van der Waals surface area contributed by atoms with E-state index in [9.17, 15) is 0 Å². The van der Waals surface area contributed by atoms with Crippen LogP contribution in [0.4, 0.5) is 5.69 Å². The van der Waals surface area contributed by atoms with Crippen LogP contribution >= 0.6 is 12.2 Å². The van der Waals surface area contributed by atoms with Crippen LogP contribution in [-0.2, 0) is 0 Å². The molecule has 0 aliphatic rings. The van der Waals surface area contributed by atoms with Crippen LogP contribution in [0.25, 0.3) is 0 Å². The first-order valence-electron chi connectivity index (χ1n) is 7.86. The first-order chi connectivity index (χ1) is 9.81. The Morgan fingerprint density at radius 2 is 1.86 bits per heavy atom. The molecule has 0 amide bonds. The van der Waals surface area contributed by atoms with Gasteiger partial charge in [0, 0.05) is 24.0 Å². The molecule has 1 aromatic rings. The molecule has 2 N–H and O–H groups in total. The number of pyridine rings is 1. The van der Waals surface area contributed by atoms with Gasteiger partial charge in [0.25, 0.3) is 0 Å². The maximum Gasteiger partial charge on any atom is 0.107 e. The number of rotatable bonds is 7. The molecule has 0 radical (unpaired) electrons. The lowest BCUT2D eigenvalue weighted by Crippen LogP contribution is -2.39. The van der Waals surface area contributed by atoms with E-state index in [-0.39, 0.29) is 0 Å². The first-order valence-corrected chi connectivity index (χ1v) is 8.27. The molecule has 118 valence electrons. The number of thiocarbonyl (C=S) groups is 1. The van der Waals surface area contributed by atoms with Gasteiger partial charge in [-0.15, -0.1) is 0 Å². The fraction of sp³-hybridized carbons (Fsp3) is 0.647. The van der Waals surface area contributed by atoms with Crippen LogP contribution < -0.4 is 10.6 Å². The highest BCUT2D eigenvalue weighted by Crippen LogP contribution is 2.28.